The summed E-state index contributed by atoms with van der Waals surface area (Å²) >= 11 is 0. The Morgan fingerprint density at radius 3 is 1.83 bits per heavy atom. The van der Waals surface area contributed by atoms with Gasteiger partial charge >= 0.3 is 0 Å². The van der Waals surface area contributed by atoms with Crippen LogP contribution in [0.3, 0.4) is 0 Å². The summed E-state index contributed by atoms with van der Waals surface area (Å²) in [5.41, 5.74) is 2.40. The molecular formula is C41H52N4O3. The van der Waals surface area contributed by atoms with Crippen molar-refractivity contribution in [1.82, 2.24) is 20.0 Å². The quantitative estimate of drug-likeness (QED) is 0.244. The number of nitrogens with zero attached hydrogens (tertiary/aromatic N) is 3. The second-order valence-corrected chi connectivity index (χ2v) is 14.0. The first kappa shape index (κ1) is 33.9. The minimum absolute atomic E-state index is 0.0347. The summed E-state index contributed by atoms with van der Waals surface area (Å²) in [6.45, 7) is 7.30. The van der Waals surface area contributed by atoms with Crippen LogP contribution in [-0.4, -0.2) is 83.8 Å². The average Bonchev–Trinajstić information content (AvgIpc) is 3.84. The first-order valence-corrected chi connectivity index (χ1v) is 18.3. The number of amides is 3. The summed E-state index contributed by atoms with van der Waals surface area (Å²) in [6, 6.07) is 29.8. The molecule has 1 N–H and O–H groups in total. The SMILES string of the molecule is CCCCN1CCCC(CNC(=O)C2CCCN2C(=O)C2CCCN2C(=O)CC(c2ccccc2)(c2ccccc2)c2ccccc2)C1. The van der Waals surface area contributed by atoms with Crippen LogP contribution >= 0.6 is 0 Å². The van der Waals surface area contributed by atoms with Crippen LogP contribution in [0.15, 0.2) is 91.0 Å². The summed E-state index contributed by atoms with van der Waals surface area (Å²) < 4.78 is 0. The summed E-state index contributed by atoms with van der Waals surface area (Å²) in [7, 11) is 0. The Kier molecular flexibility index (Phi) is 11.3. The van der Waals surface area contributed by atoms with E-state index < -0.39 is 17.5 Å². The molecule has 3 amide bonds. The Morgan fingerprint density at radius 2 is 1.25 bits per heavy atom. The molecule has 0 spiro atoms. The van der Waals surface area contributed by atoms with Gasteiger partial charge in [0.2, 0.25) is 17.7 Å². The van der Waals surface area contributed by atoms with Crippen LogP contribution in [0.5, 0.6) is 0 Å². The van der Waals surface area contributed by atoms with Crippen molar-refractivity contribution in [2.75, 3.05) is 39.3 Å². The Morgan fingerprint density at radius 1 is 0.708 bits per heavy atom. The number of carbonyl (C=O) groups excluding carboxylic acids is 3. The second kappa shape index (κ2) is 16.0. The van der Waals surface area contributed by atoms with E-state index >= 15 is 0 Å². The molecule has 0 aliphatic carbocycles. The molecule has 3 aliphatic rings. The highest BCUT2D eigenvalue weighted by Crippen LogP contribution is 2.43. The summed E-state index contributed by atoms with van der Waals surface area (Å²) in [4.78, 5) is 48.5. The maximum absolute atomic E-state index is 14.6. The van der Waals surface area contributed by atoms with Crippen LogP contribution in [-0.2, 0) is 19.8 Å². The average molecular weight is 649 g/mol. The van der Waals surface area contributed by atoms with Crippen molar-refractivity contribution >= 4 is 17.7 Å². The Bertz CT molecular complexity index is 1400. The zero-order chi connectivity index (χ0) is 33.3. The zero-order valence-electron chi connectivity index (χ0n) is 28.6. The fourth-order valence-electron chi connectivity index (χ4n) is 8.38. The lowest BCUT2D eigenvalue weighted by Crippen LogP contribution is -2.54. The van der Waals surface area contributed by atoms with Crippen molar-refractivity contribution in [3.63, 3.8) is 0 Å². The molecule has 3 aliphatic heterocycles. The Labute approximate surface area is 286 Å². The van der Waals surface area contributed by atoms with Crippen molar-refractivity contribution in [1.29, 1.82) is 0 Å². The molecule has 0 aromatic heterocycles. The number of hydrogen-bond acceptors (Lipinski definition) is 4. The number of benzene rings is 3. The van der Waals surface area contributed by atoms with Gasteiger partial charge in [-0.2, -0.15) is 0 Å². The van der Waals surface area contributed by atoms with Crippen molar-refractivity contribution in [3.05, 3.63) is 108 Å². The molecule has 48 heavy (non-hydrogen) atoms. The topological polar surface area (TPSA) is 73.0 Å². The lowest BCUT2D eigenvalue weighted by molar-refractivity contribution is -0.146. The first-order chi connectivity index (χ1) is 23.5. The van der Waals surface area contributed by atoms with E-state index in [1.165, 1.54) is 19.3 Å². The monoisotopic (exact) mass is 648 g/mol. The third-order valence-electron chi connectivity index (χ3n) is 10.9. The summed E-state index contributed by atoms with van der Waals surface area (Å²) in [5, 5.41) is 3.23. The molecule has 3 heterocycles. The van der Waals surface area contributed by atoms with E-state index in [0.29, 0.717) is 38.4 Å². The second-order valence-electron chi connectivity index (χ2n) is 14.0. The molecule has 3 atom stereocenters. The van der Waals surface area contributed by atoms with E-state index in [2.05, 4.69) is 53.5 Å². The van der Waals surface area contributed by atoms with Gasteiger partial charge in [0.15, 0.2) is 0 Å². The molecule has 6 rings (SSSR count). The Balaban J connectivity index is 1.18. The van der Waals surface area contributed by atoms with Crippen molar-refractivity contribution < 1.29 is 14.4 Å². The molecule has 7 heteroatoms. The van der Waals surface area contributed by atoms with Gasteiger partial charge in [-0.15, -0.1) is 0 Å². The van der Waals surface area contributed by atoms with Crippen molar-refractivity contribution in [2.45, 2.75) is 82.2 Å². The van der Waals surface area contributed by atoms with Crippen LogP contribution in [0.2, 0.25) is 0 Å². The molecule has 3 aromatic carbocycles. The standard InChI is InChI=1S/C41H52N4O3/c1-2-3-25-43-26-13-16-32(31-43)30-42-39(47)36-23-14-28-45(36)40(48)37-24-15-27-44(37)38(46)29-41(33-17-7-4-8-18-33,34-19-9-5-10-20-34)35-21-11-6-12-22-35/h4-12,17-22,32,36-37H,2-3,13-16,23-31H2,1H3,(H,42,47). The molecule has 3 unspecified atom stereocenters. The van der Waals surface area contributed by atoms with E-state index in [1.807, 2.05) is 59.5 Å². The van der Waals surface area contributed by atoms with Gasteiger partial charge in [-0.05, 0) is 80.6 Å². The minimum Gasteiger partial charge on any atom is -0.354 e. The largest absolute Gasteiger partial charge is 0.354 e. The molecule has 3 fully saturated rings. The number of hydrogen-bond donors (Lipinski definition) is 1. The summed E-state index contributed by atoms with van der Waals surface area (Å²) in [6.07, 6.45) is 7.79. The number of piperidine rings is 1. The fraction of sp³-hybridized carbons (Fsp3) is 0.488. The third kappa shape index (κ3) is 7.36. The van der Waals surface area contributed by atoms with Crippen molar-refractivity contribution in [2.24, 2.45) is 5.92 Å². The van der Waals surface area contributed by atoms with Gasteiger partial charge < -0.3 is 20.0 Å². The number of nitrogens with one attached hydrogen (secondary N) is 1. The van der Waals surface area contributed by atoms with E-state index in [9.17, 15) is 14.4 Å². The number of likely N-dealkylation sites (tertiary alicyclic amines) is 3. The van der Waals surface area contributed by atoms with Crippen LogP contribution < -0.4 is 5.32 Å². The van der Waals surface area contributed by atoms with Gasteiger partial charge in [0.25, 0.3) is 0 Å². The van der Waals surface area contributed by atoms with Crippen LogP contribution in [0.4, 0.5) is 0 Å². The van der Waals surface area contributed by atoms with Gasteiger partial charge in [-0.3, -0.25) is 14.4 Å². The minimum atomic E-state index is -0.724. The summed E-state index contributed by atoms with van der Waals surface area (Å²) in [5.74, 6) is 0.296. The maximum Gasteiger partial charge on any atom is 0.246 e. The molecule has 254 valence electrons. The van der Waals surface area contributed by atoms with Crippen LogP contribution in [0.1, 0.15) is 81.4 Å². The van der Waals surface area contributed by atoms with E-state index in [1.54, 1.807) is 4.90 Å². The van der Waals surface area contributed by atoms with Gasteiger partial charge in [0.05, 0.1) is 5.41 Å². The smallest absolute Gasteiger partial charge is 0.246 e. The van der Waals surface area contributed by atoms with E-state index in [4.69, 9.17) is 0 Å². The highest BCUT2D eigenvalue weighted by molar-refractivity contribution is 5.93. The first-order valence-electron chi connectivity index (χ1n) is 18.3. The van der Waals surface area contributed by atoms with Gasteiger partial charge in [-0.25, -0.2) is 0 Å². The molecule has 0 bridgehead atoms. The highest BCUT2D eigenvalue weighted by atomic mass is 16.2. The predicted molar refractivity (Wildman–Crippen MR) is 190 cm³/mol. The molecule has 0 radical (unpaired) electrons. The van der Waals surface area contributed by atoms with Crippen LogP contribution in [0, 0.1) is 5.92 Å². The molecular weight excluding hydrogens is 596 g/mol. The zero-order valence-corrected chi connectivity index (χ0v) is 28.6. The molecule has 3 aromatic rings. The Hall–Kier alpha value is -3.97. The molecule has 3 saturated heterocycles. The van der Waals surface area contributed by atoms with Crippen LogP contribution in [0.25, 0.3) is 0 Å². The van der Waals surface area contributed by atoms with Crippen molar-refractivity contribution in [3.8, 4) is 0 Å². The lowest BCUT2D eigenvalue weighted by atomic mass is 9.67. The number of rotatable bonds is 12. The number of carbonyl (C=O) groups is 3. The third-order valence-corrected chi connectivity index (χ3v) is 10.9. The normalized spacial score (nSPS) is 21.7. The van der Waals surface area contributed by atoms with E-state index in [-0.39, 0.29) is 24.1 Å². The highest BCUT2D eigenvalue weighted by Gasteiger charge is 2.45. The maximum atomic E-state index is 14.6. The predicted octanol–water partition coefficient (Wildman–Crippen LogP) is 6.02. The van der Waals surface area contributed by atoms with Gasteiger partial charge in [-0.1, -0.05) is 104 Å². The lowest BCUT2D eigenvalue weighted by Gasteiger charge is -2.38. The molecule has 7 nitrogen and oxygen atoms in total. The fourth-order valence-corrected chi connectivity index (χ4v) is 8.38. The van der Waals surface area contributed by atoms with Gasteiger partial charge in [0, 0.05) is 32.6 Å². The van der Waals surface area contributed by atoms with Gasteiger partial charge in [0.1, 0.15) is 12.1 Å². The molecule has 0 saturated carbocycles. The number of unbranched alkanes of at least 4 members (excludes halogenated alkanes) is 1. The van der Waals surface area contributed by atoms with E-state index in [0.717, 1.165) is 55.6 Å².